The Morgan fingerprint density at radius 3 is 1.79 bits per heavy atom. The summed E-state index contributed by atoms with van der Waals surface area (Å²) in [5.41, 5.74) is 7.22. The number of anilines is 2. The Hall–Kier alpha value is -6.55. The molecule has 0 unspecified atom stereocenters. The molecule has 9 aromatic rings. The Morgan fingerprint density at radius 1 is 0.453 bits per heavy atom. The number of hydrogen-bond donors (Lipinski definition) is 0. The highest BCUT2D eigenvalue weighted by molar-refractivity contribution is 7.26. The zero-order valence-electron chi connectivity index (χ0n) is 28.9. The number of thiophene rings is 1. The van der Waals surface area contributed by atoms with Crippen molar-refractivity contribution in [1.29, 1.82) is 0 Å². The molecule has 0 bridgehead atoms. The number of para-hydroxylation sites is 2. The zero-order valence-corrected chi connectivity index (χ0v) is 29.7. The first kappa shape index (κ1) is 30.1. The number of fused-ring (bicyclic) bond motifs is 8. The highest BCUT2D eigenvalue weighted by atomic mass is 32.1. The highest BCUT2D eigenvalue weighted by Gasteiger charge is 2.28. The minimum atomic E-state index is 0.759. The molecule has 0 saturated heterocycles. The summed E-state index contributed by atoms with van der Waals surface area (Å²) in [4.78, 5) is 2.45. The molecule has 0 N–H and O–H groups in total. The van der Waals surface area contributed by atoms with Crippen LogP contribution in [0.2, 0.25) is 0 Å². The van der Waals surface area contributed by atoms with Gasteiger partial charge in [0.1, 0.15) is 12.2 Å². The van der Waals surface area contributed by atoms with Gasteiger partial charge in [0.05, 0.1) is 0 Å². The Bertz CT molecular complexity index is 3370. The molecule has 3 heteroatoms. The van der Waals surface area contributed by atoms with E-state index in [1.807, 2.05) is 11.3 Å². The second-order valence-corrected chi connectivity index (χ2v) is 14.9. The summed E-state index contributed by atoms with van der Waals surface area (Å²) in [5, 5.41) is 12.6. The third-order valence-electron chi connectivity index (χ3n) is 11.0. The van der Waals surface area contributed by atoms with Crippen LogP contribution >= 0.6 is 11.3 Å². The van der Waals surface area contributed by atoms with E-state index in [4.69, 9.17) is 0 Å². The lowest BCUT2D eigenvalue weighted by atomic mass is 9.97. The summed E-state index contributed by atoms with van der Waals surface area (Å²) >= 11 is 1.89. The van der Waals surface area contributed by atoms with Gasteiger partial charge in [-0.2, -0.15) is 4.58 Å². The molecule has 2 heterocycles. The van der Waals surface area contributed by atoms with E-state index in [-0.39, 0.29) is 0 Å². The predicted octanol–water partition coefficient (Wildman–Crippen LogP) is 12.2. The molecule has 11 rings (SSSR count). The van der Waals surface area contributed by atoms with Crippen LogP contribution < -0.4 is 9.48 Å². The van der Waals surface area contributed by atoms with Gasteiger partial charge in [-0.1, -0.05) is 133 Å². The van der Waals surface area contributed by atoms with Crippen LogP contribution in [-0.2, 0) is 0 Å². The van der Waals surface area contributed by atoms with Crippen molar-refractivity contribution in [2.24, 2.45) is 0 Å². The molecule has 8 aromatic carbocycles. The smallest absolute Gasteiger partial charge is 0.235 e. The SMILES string of the molecule is C1=[N+](c2ccccc2)c2cc3c(cc2N(c2ccccc2)C1)=c1ccc(-c2cccc4c2sc2ccccc24)cc1=c1ccccc1=c1ccccc1=3. The first-order valence-corrected chi connectivity index (χ1v) is 19.0. The van der Waals surface area contributed by atoms with E-state index in [1.165, 1.54) is 90.1 Å². The molecule has 248 valence electrons. The molecule has 0 spiro atoms. The van der Waals surface area contributed by atoms with Crippen LogP contribution in [0.25, 0.3) is 31.3 Å². The van der Waals surface area contributed by atoms with Gasteiger partial charge in [-0.05, 0) is 83.2 Å². The topological polar surface area (TPSA) is 6.25 Å². The van der Waals surface area contributed by atoms with Crippen LogP contribution in [0.3, 0.4) is 0 Å². The predicted molar refractivity (Wildman–Crippen MR) is 222 cm³/mol. The minimum absolute atomic E-state index is 0.759. The second kappa shape index (κ2) is 12.0. The van der Waals surface area contributed by atoms with E-state index in [0.29, 0.717) is 0 Å². The van der Waals surface area contributed by atoms with Gasteiger partial charge in [0, 0.05) is 44.1 Å². The molecule has 1 aliphatic heterocycles. The number of hydrogen-bond acceptors (Lipinski definition) is 2. The van der Waals surface area contributed by atoms with E-state index < -0.39 is 0 Å². The van der Waals surface area contributed by atoms with Gasteiger partial charge in [0.15, 0.2) is 6.21 Å². The molecule has 0 radical (unpaired) electrons. The van der Waals surface area contributed by atoms with Crippen molar-refractivity contribution in [2.75, 3.05) is 11.4 Å². The van der Waals surface area contributed by atoms with Crippen LogP contribution in [-0.4, -0.2) is 12.8 Å². The molecule has 2 aliphatic rings. The quantitative estimate of drug-likeness (QED) is 0.167. The maximum atomic E-state index is 2.45. The summed E-state index contributed by atoms with van der Waals surface area (Å²) in [6.45, 7) is 0.759. The highest BCUT2D eigenvalue weighted by Crippen LogP contribution is 2.41. The van der Waals surface area contributed by atoms with Crippen LogP contribution in [0.15, 0.2) is 182 Å². The standard InChI is InChI=1S/C50H33N2S/c1-3-14-34(15-4-1)51-28-29-52(35-16-5-2-6-17-35)48-32-46-41-27-26-33(36-23-13-24-43-42-22-11-12-25-49(42)53-50(36)43)30-44(41)39-20-9-7-18-37(39)38-19-8-10-21-40(38)45(46)31-47(48)51/h1-28,30-32H,29H2/q+1. The molecule has 0 fully saturated rings. The van der Waals surface area contributed by atoms with Crippen molar-refractivity contribution >= 4 is 60.5 Å². The van der Waals surface area contributed by atoms with Crippen molar-refractivity contribution in [1.82, 2.24) is 4.58 Å². The lowest BCUT2D eigenvalue weighted by molar-refractivity contribution is 0.994. The monoisotopic (exact) mass is 693 g/mol. The van der Waals surface area contributed by atoms with Crippen LogP contribution in [0, 0.1) is 41.7 Å². The van der Waals surface area contributed by atoms with E-state index in [9.17, 15) is 0 Å². The molecule has 1 aromatic heterocycles. The van der Waals surface area contributed by atoms with Gasteiger partial charge < -0.3 is 4.90 Å². The molecular weight excluding hydrogens is 661 g/mol. The normalized spacial score (nSPS) is 12.9. The molecule has 2 nitrogen and oxygen atoms in total. The molecule has 53 heavy (non-hydrogen) atoms. The van der Waals surface area contributed by atoms with E-state index in [0.717, 1.165) is 12.2 Å². The van der Waals surface area contributed by atoms with Crippen molar-refractivity contribution < 1.29 is 0 Å². The maximum Gasteiger partial charge on any atom is 0.235 e. The maximum absolute atomic E-state index is 2.45. The summed E-state index contributed by atoms with van der Waals surface area (Å²) in [6.07, 6.45) is 2.32. The lowest BCUT2D eigenvalue weighted by Gasteiger charge is -2.27. The third kappa shape index (κ3) is 4.75. The fourth-order valence-electron chi connectivity index (χ4n) is 8.53. The molecule has 0 amide bonds. The number of nitrogens with zero attached hydrogens (tertiary/aromatic N) is 2. The Kier molecular flexibility index (Phi) is 6.83. The van der Waals surface area contributed by atoms with Gasteiger partial charge >= 0.3 is 0 Å². The van der Waals surface area contributed by atoms with Crippen molar-refractivity contribution in [3.05, 3.63) is 224 Å². The van der Waals surface area contributed by atoms with E-state index >= 15 is 0 Å². The average Bonchev–Trinajstić information content (AvgIpc) is 3.62. The molecular formula is C50H33N2S+. The minimum Gasteiger partial charge on any atom is -0.326 e. The van der Waals surface area contributed by atoms with E-state index in [2.05, 4.69) is 198 Å². The zero-order chi connectivity index (χ0) is 34.9. The Labute approximate surface area is 310 Å². The van der Waals surface area contributed by atoms with E-state index in [1.54, 1.807) is 0 Å². The third-order valence-corrected chi connectivity index (χ3v) is 12.2. The van der Waals surface area contributed by atoms with Crippen LogP contribution in [0.5, 0.6) is 0 Å². The Balaban J connectivity index is 1.33. The second-order valence-electron chi connectivity index (χ2n) is 13.9. The van der Waals surface area contributed by atoms with Crippen molar-refractivity contribution in [3.63, 3.8) is 0 Å². The average molecular weight is 694 g/mol. The fourth-order valence-corrected chi connectivity index (χ4v) is 9.77. The van der Waals surface area contributed by atoms with Gasteiger partial charge in [0.2, 0.25) is 11.4 Å². The fraction of sp³-hybridized carbons (Fsp3) is 0.0200. The van der Waals surface area contributed by atoms with Crippen molar-refractivity contribution in [3.8, 4) is 11.1 Å². The van der Waals surface area contributed by atoms with Gasteiger partial charge in [-0.25, -0.2) is 0 Å². The molecule has 1 aliphatic carbocycles. The number of rotatable bonds is 3. The van der Waals surface area contributed by atoms with Crippen LogP contribution in [0.1, 0.15) is 0 Å². The molecule has 0 atom stereocenters. The summed E-state index contributed by atoms with van der Waals surface area (Å²) in [5.74, 6) is 0. The lowest BCUT2D eigenvalue weighted by Crippen LogP contribution is -2.29. The van der Waals surface area contributed by atoms with Gasteiger partial charge in [-0.15, -0.1) is 11.3 Å². The molecule has 0 saturated carbocycles. The number of benzene rings is 8. The largest absolute Gasteiger partial charge is 0.326 e. The van der Waals surface area contributed by atoms with Gasteiger partial charge in [0.25, 0.3) is 0 Å². The summed E-state index contributed by atoms with van der Waals surface area (Å²) in [7, 11) is 0. The van der Waals surface area contributed by atoms with Crippen LogP contribution in [0.4, 0.5) is 22.7 Å². The Morgan fingerprint density at radius 2 is 1.04 bits per heavy atom. The van der Waals surface area contributed by atoms with Crippen molar-refractivity contribution in [2.45, 2.75) is 0 Å². The summed E-state index contributed by atoms with van der Waals surface area (Å²) in [6, 6.07) is 67.1. The summed E-state index contributed by atoms with van der Waals surface area (Å²) < 4.78 is 5.04. The van der Waals surface area contributed by atoms with Gasteiger partial charge in [-0.3, -0.25) is 0 Å². The first-order valence-electron chi connectivity index (χ1n) is 18.2. The first-order chi connectivity index (χ1) is 26.3.